The molecular formula is C21H38ClN3O2. The molecule has 6 heteroatoms. The summed E-state index contributed by atoms with van der Waals surface area (Å²) in [4.78, 5) is 27.0. The van der Waals surface area contributed by atoms with Gasteiger partial charge >= 0.3 is 0 Å². The van der Waals surface area contributed by atoms with Gasteiger partial charge in [0.05, 0.1) is 6.04 Å². The molecule has 2 aliphatic heterocycles. The van der Waals surface area contributed by atoms with Crippen molar-refractivity contribution in [1.82, 2.24) is 15.5 Å². The number of hydrogen-bond acceptors (Lipinski definition) is 3. The van der Waals surface area contributed by atoms with E-state index in [2.05, 4.69) is 22.5 Å². The van der Waals surface area contributed by atoms with E-state index in [1.165, 1.54) is 32.1 Å². The summed E-state index contributed by atoms with van der Waals surface area (Å²) in [5.41, 5.74) is 0. The number of likely N-dealkylation sites (tertiary alicyclic amines) is 1. The zero-order valence-corrected chi connectivity index (χ0v) is 17.7. The Morgan fingerprint density at radius 1 is 1.07 bits per heavy atom. The monoisotopic (exact) mass is 399 g/mol. The van der Waals surface area contributed by atoms with E-state index in [1.807, 2.05) is 0 Å². The molecule has 2 heterocycles. The number of rotatable bonds is 6. The van der Waals surface area contributed by atoms with Crippen LogP contribution in [0.5, 0.6) is 0 Å². The summed E-state index contributed by atoms with van der Waals surface area (Å²) in [6.45, 7) is 5.63. The van der Waals surface area contributed by atoms with Gasteiger partial charge in [-0.05, 0) is 50.0 Å². The molecule has 3 fully saturated rings. The van der Waals surface area contributed by atoms with Crippen molar-refractivity contribution < 1.29 is 9.59 Å². The van der Waals surface area contributed by atoms with E-state index in [1.54, 1.807) is 0 Å². The Morgan fingerprint density at radius 2 is 1.85 bits per heavy atom. The molecule has 0 spiro atoms. The fourth-order valence-electron chi connectivity index (χ4n) is 5.01. The van der Waals surface area contributed by atoms with E-state index < -0.39 is 0 Å². The zero-order chi connectivity index (χ0) is 18.4. The highest BCUT2D eigenvalue weighted by Gasteiger charge is 2.28. The van der Waals surface area contributed by atoms with Crippen molar-refractivity contribution in [2.24, 2.45) is 17.8 Å². The van der Waals surface area contributed by atoms with Gasteiger partial charge in [0.1, 0.15) is 0 Å². The van der Waals surface area contributed by atoms with E-state index in [-0.39, 0.29) is 24.4 Å². The molecule has 0 aromatic heterocycles. The lowest BCUT2D eigenvalue weighted by atomic mass is 9.79. The highest BCUT2D eigenvalue weighted by Crippen LogP contribution is 2.32. The molecule has 0 bridgehead atoms. The van der Waals surface area contributed by atoms with Gasteiger partial charge in [0.2, 0.25) is 11.8 Å². The second-order valence-corrected chi connectivity index (χ2v) is 8.82. The van der Waals surface area contributed by atoms with Crippen molar-refractivity contribution in [3.63, 3.8) is 0 Å². The molecule has 27 heavy (non-hydrogen) atoms. The number of nitrogens with one attached hydrogen (secondary N) is 2. The SMILES string of the molecule is CC(CC(=O)N1CCCC(CNC(=O)C2CCCN2)C1)C1CCCCC1.Cl. The van der Waals surface area contributed by atoms with Crippen LogP contribution in [0.1, 0.15) is 71.1 Å². The van der Waals surface area contributed by atoms with E-state index in [4.69, 9.17) is 0 Å². The maximum absolute atomic E-state index is 12.8. The lowest BCUT2D eigenvalue weighted by Gasteiger charge is -2.35. The molecule has 156 valence electrons. The third-order valence-corrected chi connectivity index (χ3v) is 6.76. The van der Waals surface area contributed by atoms with Crippen molar-refractivity contribution in [2.45, 2.75) is 77.2 Å². The van der Waals surface area contributed by atoms with Crippen LogP contribution in [0.25, 0.3) is 0 Å². The predicted octanol–water partition coefficient (Wildman–Crippen LogP) is 3.12. The fraction of sp³-hybridized carbons (Fsp3) is 0.905. The van der Waals surface area contributed by atoms with Crippen LogP contribution in [0.15, 0.2) is 0 Å². The summed E-state index contributed by atoms with van der Waals surface area (Å²) in [5.74, 6) is 2.12. The lowest BCUT2D eigenvalue weighted by Crippen LogP contribution is -2.47. The maximum atomic E-state index is 12.8. The Bertz CT molecular complexity index is 476. The molecule has 0 radical (unpaired) electrons. The van der Waals surface area contributed by atoms with Crippen LogP contribution in [0, 0.1) is 17.8 Å². The number of halogens is 1. The zero-order valence-electron chi connectivity index (χ0n) is 16.9. The van der Waals surface area contributed by atoms with Crippen LogP contribution >= 0.6 is 12.4 Å². The summed E-state index contributed by atoms with van der Waals surface area (Å²) in [6.07, 6.45) is 11.6. The summed E-state index contributed by atoms with van der Waals surface area (Å²) >= 11 is 0. The highest BCUT2D eigenvalue weighted by atomic mass is 35.5. The van der Waals surface area contributed by atoms with Gasteiger partial charge in [0.15, 0.2) is 0 Å². The minimum absolute atomic E-state index is 0. The van der Waals surface area contributed by atoms with Crippen LogP contribution in [0.3, 0.4) is 0 Å². The maximum Gasteiger partial charge on any atom is 0.237 e. The van der Waals surface area contributed by atoms with Crippen LogP contribution < -0.4 is 10.6 Å². The molecule has 3 atom stereocenters. The Labute approximate surface area is 170 Å². The number of carbonyl (C=O) groups excluding carboxylic acids is 2. The van der Waals surface area contributed by atoms with E-state index in [0.717, 1.165) is 51.2 Å². The molecule has 3 aliphatic rings. The van der Waals surface area contributed by atoms with Crippen molar-refractivity contribution in [3.8, 4) is 0 Å². The second-order valence-electron chi connectivity index (χ2n) is 8.82. The minimum Gasteiger partial charge on any atom is -0.354 e. The van der Waals surface area contributed by atoms with Crippen LogP contribution in [-0.4, -0.2) is 48.9 Å². The van der Waals surface area contributed by atoms with Gasteiger partial charge in [-0.1, -0.05) is 39.0 Å². The van der Waals surface area contributed by atoms with Gasteiger partial charge in [-0.15, -0.1) is 12.4 Å². The van der Waals surface area contributed by atoms with Crippen molar-refractivity contribution in [2.75, 3.05) is 26.2 Å². The van der Waals surface area contributed by atoms with Crippen molar-refractivity contribution in [1.29, 1.82) is 0 Å². The summed E-state index contributed by atoms with van der Waals surface area (Å²) in [7, 11) is 0. The topological polar surface area (TPSA) is 61.4 Å². The largest absolute Gasteiger partial charge is 0.354 e. The first-order chi connectivity index (χ1) is 12.6. The molecular weight excluding hydrogens is 362 g/mol. The Hall–Kier alpha value is -0.810. The Kier molecular flexibility index (Phi) is 9.37. The molecule has 0 aromatic rings. The molecule has 3 rings (SSSR count). The number of nitrogens with zero attached hydrogens (tertiary/aromatic N) is 1. The smallest absolute Gasteiger partial charge is 0.237 e. The fourth-order valence-corrected chi connectivity index (χ4v) is 5.01. The molecule has 2 N–H and O–H groups in total. The number of piperidine rings is 1. The first-order valence-corrected chi connectivity index (χ1v) is 10.9. The summed E-state index contributed by atoms with van der Waals surface area (Å²) in [6, 6.07) is -0.00679. The first kappa shape index (κ1) is 22.5. The first-order valence-electron chi connectivity index (χ1n) is 10.9. The third kappa shape index (κ3) is 6.63. The van der Waals surface area contributed by atoms with Crippen molar-refractivity contribution in [3.05, 3.63) is 0 Å². The van der Waals surface area contributed by atoms with Gasteiger partial charge in [-0.25, -0.2) is 0 Å². The third-order valence-electron chi connectivity index (χ3n) is 6.76. The molecule has 1 saturated carbocycles. The van der Waals surface area contributed by atoms with Gasteiger partial charge in [-0.2, -0.15) is 0 Å². The molecule has 0 aromatic carbocycles. The molecule has 5 nitrogen and oxygen atoms in total. The van der Waals surface area contributed by atoms with Crippen LogP contribution in [-0.2, 0) is 9.59 Å². The van der Waals surface area contributed by atoms with Crippen LogP contribution in [0.4, 0.5) is 0 Å². The van der Waals surface area contributed by atoms with Gasteiger partial charge in [-0.3, -0.25) is 9.59 Å². The Balaban J connectivity index is 0.00000261. The summed E-state index contributed by atoms with van der Waals surface area (Å²) < 4.78 is 0. The van der Waals surface area contributed by atoms with Crippen molar-refractivity contribution >= 4 is 24.2 Å². The molecule has 2 saturated heterocycles. The standard InChI is InChI=1S/C21H37N3O2.ClH/c1-16(18-8-3-2-4-9-18)13-20(25)24-12-6-7-17(15-24)14-23-21(26)19-10-5-11-22-19;/h16-19,22H,2-15H2,1H3,(H,23,26);1H. The van der Waals surface area contributed by atoms with E-state index in [0.29, 0.717) is 30.7 Å². The highest BCUT2D eigenvalue weighted by molar-refractivity contribution is 5.85. The summed E-state index contributed by atoms with van der Waals surface area (Å²) in [5, 5.41) is 6.35. The van der Waals surface area contributed by atoms with E-state index in [9.17, 15) is 9.59 Å². The minimum atomic E-state index is -0.00679. The van der Waals surface area contributed by atoms with Gasteiger partial charge < -0.3 is 15.5 Å². The molecule has 1 aliphatic carbocycles. The average molecular weight is 400 g/mol. The second kappa shape index (κ2) is 11.3. The van der Waals surface area contributed by atoms with Crippen LogP contribution in [0.2, 0.25) is 0 Å². The quantitative estimate of drug-likeness (QED) is 0.721. The van der Waals surface area contributed by atoms with Gasteiger partial charge in [0.25, 0.3) is 0 Å². The Morgan fingerprint density at radius 3 is 2.56 bits per heavy atom. The average Bonchev–Trinajstić information content (AvgIpc) is 3.22. The number of amides is 2. The normalized spacial score (nSPS) is 27.7. The molecule has 2 amide bonds. The molecule has 3 unspecified atom stereocenters. The lowest BCUT2D eigenvalue weighted by molar-refractivity contribution is -0.134. The number of carbonyl (C=O) groups is 2. The van der Waals surface area contributed by atoms with E-state index >= 15 is 0 Å². The number of hydrogen-bond donors (Lipinski definition) is 2. The predicted molar refractivity (Wildman–Crippen MR) is 111 cm³/mol. The van der Waals surface area contributed by atoms with Gasteiger partial charge in [0, 0.05) is 26.1 Å².